The van der Waals surface area contributed by atoms with Crippen molar-refractivity contribution in [2.24, 2.45) is 5.41 Å². The lowest BCUT2D eigenvalue weighted by molar-refractivity contribution is -0.160. The third-order valence-corrected chi connectivity index (χ3v) is 4.55. The molecule has 130 valence electrons. The van der Waals surface area contributed by atoms with E-state index in [2.05, 4.69) is 9.26 Å². The van der Waals surface area contributed by atoms with Crippen molar-refractivity contribution in [3.63, 3.8) is 0 Å². The number of rotatable bonds is 5. The average Bonchev–Trinajstić information content (AvgIpc) is 2.36. The summed E-state index contributed by atoms with van der Waals surface area (Å²) in [5.41, 5.74) is -5.36. The summed E-state index contributed by atoms with van der Waals surface area (Å²) in [5.74, 6) is -0.755. The van der Waals surface area contributed by atoms with Crippen LogP contribution in [0.3, 0.4) is 0 Å². The summed E-state index contributed by atoms with van der Waals surface area (Å²) in [6.45, 7) is 5.18. The maximum atomic E-state index is 14.2. The largest absolute Gasteiger partial charge is 0.438 e. The van der Waals surface area contributed by atoms with Gasteiger partial charge in [-0.1, -0.05) is 23.7 Å². The van der Waals surface area contributed by atoms with Crippen LogP contribution in [0, 0.1) is 12.3 Å². The Hall–Kier alpha value is -1.01. The van der Waals surface area contributed by atoms with Crippen LogP contribution in [0.15, 0.2) is 18.2 Å². The molecule has 1 aromatic rings. The van der Waals surface area contributed by atoms with Crippen LogP contribution in [-0.4, -0.2) is 17.7 Å². The van der Waals surface area contributed by atoms with Crippen molar-refractivity contribution in [3.05, 3.63) is 34.3 Å². The molecule has 0 aliphatic heterocycles. The first-order valence-corrected chi connectivity index (χ1v) is 8.53. The smallest absolute Gasteiger partial charge is 0.404 e. The van der Waals surface area contributed by atoms with E-state index in [0.717, 1.165) is 6.07 Å². The van der Waals surface area contributed by atoms with Gasteiger partial charge in [0.25, 0.3) is 0 Å². The maximum Gasteiger partial charge on any atom is 0.404 e. The first-order chi connectivity index (χ1) is 10.3. The first-order valence-electron chi connectivity index (χ1n) is 6.58. The number of hydrogen-bond donors (Lipinski definition) is 1. The summed E-state index contributed by atoms with van der Waals surface area (Å²) < 4.78 is 49.1. The molecule has 1 unspecified atom stereocenters. The van der Waals surface area contributed by atoms with Gasteiger partial charge in [-0.3, -0.25) is 13.9 Å². The molecule has 1 N–H and O–H groups in total. The van der Waals surface area contributed by atoms with E-state index in [1.54, 1.807) is 6.92 Å². The highest BCUT2D eigenvalue weighted by Crippen LogP contribution is 2.64. The van der Waals surface area contributed by atoms with Crippen molar-refractivity contribution < 1.29 is 32.3 Å². The van der Waals surface area contributed by atoms with E-state index in [-0.39, 0.29) is 5.02 Å². The van der Waals surface area contributed by atoms with Crippen molar-refractivity contribution in [2.45, 2.75) is 33.4 Å². The third-order valence-electron chi connectivity index (χ3n) is 2.83. The van der Waals surface area contributed by atoms with E-state index in [9.17, 15) is 23.0 Å². The van der Waals surface area contributed by atoms with Crippen LogP contribution >= 0.6 is 19.2 Å². The monoisotopic (exact) mass is 370 g/mol. The van der Waals surface area contributed by atoms with Gasteiger partial charge in [0.15, 0.2) is 0 Å². The summed E-state index contributed by atoms with van der Waals surface area (Å²) in [6, 6.07) is 3.52. The van der Waals surface area contributed by atoms with Gasteiger partial charge in [-0.25, -0.2) is 0 Å². The zero-order chi connectivity index (χ0) is 18.1. The number of carbonyl (C=O) groups is 1. The number of halogens is 3. The predicted molar refractivity (Wildman–Crippen MR) is 81.4 cm³/mol. The number of benzene rings is 1. The van der Waals surface area contributed by atoms with Crippen molar-refractivity contribution >= 4 is 25.2 Å². The van der Waals surface area contributed by atoms with Gasteiger partial charge in [0.2, 0.25) is 6.79 Å². The predicted octanol–water partition coefficient (Wildman–Crippen LogP) is 4.45. The fourth-order valence-electron chi connectivity index (χ4n) is 1.47. The molecule has 23 heavy (non-hydrogen) atoms. The van der Waals surface area contributed by atoms with E-state index < -0.39 is 37.0 Å². The van der Waals surface area contributed by atoms with Gasteiger partial charge in [0.1, 0.15) is 0 Å². The van der Waals surface area contributed by atoms with E-state index in [1.807, 2.05) is 0 Å². The van der Waals surface area contributed by atoms with Gasteiger partial charge in [0, 0.05) is 0 Å². The quantitative estimate of drug-likeness (QED) is 0.471. The zero-order valence-corrected chi connectivity index (χ0v) is 14.8. The molecular weight excluding hydrogens is 353 g/mol. The van der Waals surface area contributed by atoms with Crippen LogP contribution in [0.2, 0.25) is 5.02 Å². The molecule has 0 radical (unpaired) electrons. The highest BCUT2D eigenvalue weighted by molar-refractivity contribution is 7.53. The molecule has 0 fully saturated rings. The van der Waals surface area contributed by atoms with Crippen molar-refractivity contribution in [1.29, 1.82) is 0 Å². The highest BCUT2D eigenvalue weighted by atomic mass is 35.5. The fourth-order valence-corrected chi connectivity index (χ4v) is 2.74. The van der Waals surface area contributed by atoms with E-state index >= 15 is 0 Å². The maximum absolute atomic E-state index is 14.2. The van der Waals surface area contributed by atoms with E-state index in [0.29, 0.717) is 5.56 Å². The topological polar surface area (TPSA) is 72.8 Å². The Bertz CT molecular complexity index is 643. The summed E-state index contributed by atoms with van der Waals surface area (Å²) in [6.07, 6.45) is 0. The summed E-state index contributed by atoms with van der Waals surface area (Å²) >= 11 is 5.71. The SMILES string of the molecule is Cc1ccc(C(F)(F)P(=O)(O)OCOC(=O)C(C)(C)C)c(Cl)c1. The Balaban J connectivity index is 2.89. The molecule has 0 saturated heterocycles. The lowest BCUT2D eigenvalue weighted by Gasteiger charge is -2.24. The van der Waals surface area contributed by atoms with Crippen LogP contribution in [0.1, 0.15) is 31.9 Å². The molecule has 5 nitrogen and oxygen atoms in total. The summed E-state index contributed by atoms with van der Waals surface area (Å²) in [4.78, 5) is 21.0. The molecule has 0 aliphatic carbocycles. The highest BCUT2D eigenvalue weighted by Gasteiger charge is 2.54. The van der Waals surface area contributed by atoms with E-state index in [4.69, 9.17) is 11.6 Å². The molecule has 0 saturated carbocycles. The number of aryl methyl sites for hydroxylation is 1. The number of ether oxygens (including phenoxy) is 1. The number of hydrogen-bond acceptors (Lipinski definition) is 4. The van der Waals surface area contributed by atoms with Crippen molar-refractivity contribution in [1.82, 2.24) is 0 Å². The normalized spacial score (nSPS) is 15.1. The number of carbonyl (C=O) groups excluding carboxylic acids is 1. The van der Waals surface area contributed by atoms with Crippen LogP contribution in [0.5, 0.6) is 0 Å². The number of esters is 1. The molecule has 1 aromatic carbocycles. The molecule has 0 bridgehead atoms. The molecule has 0 aliphatic rings. The minimum atomic E-state index is -5.46. The Labute approximate surface area is 138 Å². The lowest BCUT2D eigenvalue weighted by atomic mass is 9.98. The van der Waals surface area contributed by atoms with Crippen LogP contribution in [-0.2, 0) is 24.3 Å². The zero-order valence-electron chi connectivity index (χ0n) is 13.1. The van der Waals surface area contributed by atoms with Gasteiger partial charge in [0.05, 0.1) is 16.0 Å². The Morgan fingerprint density at radius 2 is 1.91 bits per heavy atom. The van der Waals surface area contributed by atoms with Crippen LogP contribution in [0.25, 0.3) is 0 Å². The molecular formula is C14H18ClF2O5P. The van der Waals surface area contributed by atoms with Gasteiger partial charge >= 0.3 is 19.2 Å². The van der Waals surface area contributed by atoms with Gasteiger partial charge < -0.3 is 9.63 Å². The lowest BCUT2D eigenvalue weighted by Crippen LogP contribution is -2.25. The second-order valence-electron chi connectivity index (χ2n) is 5.97. The average molecular weight is 371 g/mol. The molecule has 0 amide bonds. The van der Waals surface area contributed by atoms with Crippen LogP contribution in [0.4, 0.5) is 8.78 Å². The fraction of sp³-hybridized carbons (Fsp3) is 0.500. The number of alkyl halides is 2. The standard InChI is InChI=1S/C14H18ClF2O5P/c1-9-5-6-10(11(15)7-9)14(16,17)23(19,20)22-8-21-12(18)13(2,3)4/h5-7H,8H2,1-4H3,(H,19,20). The summed E-state index contributed by atoms with van der Waals surface area (Å²) in [7, 11) is -5.46. The minimum Gasteiger partial charge on any atom is -0.438 e. The molecule has 1 rings (SSSR count). The minimum absolute atomic E-state index is 0.362. The second kappa shape index (κ2) is 6.85. The van der Waals surface area contributed by atoms with Gasteiger partial charge in [-0.05, 0) is 39.3 Å². The third kappa shape index (κ3) is 4.73. The van der Waals surface area contributed by atoms with Crippen molar-refractivity contribution in [3.8, 4) is 0 Å². The van der Waals surface area contributed by atoms with E-state index in [1.165, 1.54) is 32.9 Å². The van der Waals surface area contributed by atoms with Gasteiger partial charge in [-0.2, -0.15) is 8.78 Å². The Morgan fingerprint density at radius 1 is 1.35 bits per heavy atom. The molecule has 9 heteroatoms. The Morgan fingerprint density at radius 3 is 2.39 bits per heavy atom. The van der Waals surface area contributed by atoms with Crippen LogP contribution < -0.4 is 0 Å². The summed E-state index contributed by atoms with van der Waals surface area (Å²) in [5, 5.41) is -0.362. The molecule has 0 aromatic heterocycles. The molecule has 1 atom stereocenters. The second-order valence-corrected chi connectivity index (χ2v) is 8.24. The Kier molecular flexibility index (Phi) is 5.97. The first kappa shape index (κ1) is 20.0. The van der Waals surface area contributed by atoms with Gasteiger partial charge in [-0.15, -0.1) is 0 Å². The van der Waals surface area contributed by atoms with Crippen molar-refractivity contribution in [2.75, 3.05) is 6.79 Å². The molecule has 0 spiro atoms. The molecule has 0 heterocycles.